The molecule has 342 valence electrons. The van der Waals surface area contributed by atoms with Gasteiger partial charge in [0, 0.05) is 47.0 Å². The number of methoxy groups -OCH3 is 2. The van der Waals surface area contributed by atoms with E-state index in [1.807, 2.05) is 94.4 Å². The van der Waals surface area contributed by atoms with Gasteiger partial charge < -0.3 is 49.8 Å². The molecule has 4 heterocycles. The van der Waals surface area contributed by atoms with Crippen LogP contribution in [0.3, 0.4) is 0 Å². The van der Waals surface area contributed by atoms with Crippen LogP contribution in [0, 0.1) is 22.7 Å². The lowest BCUT2D eigenvalue weighted by Gasteiger charge is -2.31. The Hall–Kier alpha value is -6.58. The van der Waals surface area contributed by atoms with Gasteiger partial charge in [0.2, 0.25) is 29.9 Å². The molecule has 2 saturated carbocycles. The molecule has 16 heteroatoms. The second kappa shape index (κ2) is 16.8. The summed E-state index contributed by atoms with van der Waals surface area (Å²) >= 11 is 0. The summed E-state index contributed by atoms with van der Waals surface area (Å²) < 4.78 is 18.5. The Bertz CT molecular complexity index is 2560. The highest BCUT2D eigenvalue weighted by Gasteiger charge is 2.57. The minimum absolute atomic E-state index is 0.0881. The predicted molar refractivity (Wildman–Crippen MR) is 242 cm³/mol. The van der Waals surface area contributed by atoms with E-state index in [0.717, 1.165) is 53.4 Å². The number of nitrogens with one attached hydrogen (secondary N) is 4. The molecular formula is C49H57N7O9. The van der Waals surface area contributed by atoms with Crippen molar-refractivity contribution in [3.8, 4) is 17.0 Å². The first-order chi connectivity index (χ1) is 31.1. The van der Waals surface area contributed by atoms with Crippen LogP contribution in [0.25, 0.3) is 22.2 Å². The number of amides is 6. The summed E-state index contributed by atoms with van der Waals surface area (Å²) in [5.41, 5.74) is 4.36. The maximum atomic E-state index is 14.1. The molecule has 4 N–H and O–H groups in total. The molecule has 3 aliphatic heterocycles. The molecule has 4 aromatic rings. The van der Waals surface area contributed by atoms with Gasteiger partial charge in [0.05, 0.1) is 25.4 Å². The molecule has 0 radical (unpaired) electrons. The van der Waals surface area contributed by atoms with Crippen LogP contribution in [0.4, 0.5) is 21.0 Å². The van der Waals surface area contributed by atoms with E-state index in [9.17, 15) is 28.8 Å². The number of rotatable bonds is 11. The number of ether oxygens (including phenoxy) is 3. The number of likely N-dealkylation sites (tertiary alicyclic amines) is 2. The molecule has 16 nitrogen and oxygen atoms in total. The molecule has 3 aromatic carbocycles. The van der Waals surface area contributed by atoms with Crippen molar-refractivity contribution in [3.63, 3.8) is 0 Å². The molecule has 2 saturated heterocycles. The number of aromatic nitrogens is 1. The number of benzene rings is 3. The van der Waals surface area contributed by atoms with Crippen molar-refractivity contribution in [3.05, 3.63) is 78.4 Å². The number of hydrogen-bond donors (Lipinski definition) is 4. The topological polar surface area (TPSA) is 190 Å². The molecule has 2 aliphatic carbocycles. The van der Waals surface area contributed by atoms with Crippen LogP contribution in [0.5, 0.6) is 5.75 Å². The van der Waals surface area contributed by atoms with Crippen molar-refractivity contribution in [1.29, 1.82) is 0 Å². The first kappa shape index (κ1) is 43.7. The van der Waals surface area contributed by atoms with Gasteiger partial charge in [-0.1, -0.05) is 58.0 Å². The first-order valence-corrected chi connectivity index (χ1v) is 22.5. The fourth-order valence-corrected chi connectivity index (χ4v) is 10.0. The van der Waals surface area contributed by atoms with E-state index in [2.05, 4.69) is 31.9 Å². The molecule has 2 spiro atoms. The lowest BCUT2D eigenvalue weighted by molar-refractivity contribution is -0.139. The summed E-state index contributed by atoms with van der Waals surface area (Å²) in [7, 11) is 2.51. The van der Waals surface area contributed by atoms with Crippen LogP contribution >= 0.6 is 0 Å². The van der Waals surface area contributed by atoms with Crippen molar-refractivity contribution >= 4 is 58.1 Å². The minimum Gasteiger partial charge on any atom is -0.465 e. The Balaban J connectivity index is 0.977. The van der Waals surface area contributed by atoms with Crippen molar-refractivity contribution in [2.45, 2.75) is 96.6 Å². The van der Waals surface area contributed by atoms with Gasteiger partial charge in [0.1, 0.15) is 29.9 Å². The number of fused-ring (bicyclic) bond motifs is 5. The third-order valence-corrected chi connectivity index (χ3v) is 14.1. The van der Waals surface area contributed by atoms with Gasteiger partial charge in [0.25, 0.3) is 0 Å². The van der Waals surface area contributed by atoms with Crippen molar-refractivity contribution in [1.82, 2.24) is 25.0 Å². The predicted octanol–water partition coefficient (Wildman–Crippen LogP) is 6.65. The number of nitrogens with zero attached hydrogens (tertiary/aromatic N) is 3. The zero-order valence-electron chi connectivity index (χ0n) is 37.6. The molecule has 0 bridgehead atoms. The monoisotopic (exact) mass is 887 g/mol. The molecule has 9 rings (SSSR count). The lowest BCUT2D eigenvalue weighted by atomic mass is 10.0. The fraction of sp³-hybridized carbons (Fsp3) is 0.469. The fourth-order valence-electron chi connectivity index (χ4n) is 10.0. The molecule has 65 heavy (non-hydrogen) atoms. The van der Waals surface area contributed by atoms with Gasteiger partial charge in [-0.05, 0) is 97.6 Å². The largest absolute Gasteiger partial charge is 0.465 e. The van der Waals surface area contributed by atoms with Gasteiger partial charge in [0.15, 0.2) is 0 Å². The minimum atomic E-state index is -0.846. The van der Waals surface area contributed by atoms with Crippen LogP contribution in [-0.4, -0.2) is 102 Å². The highest BCUT2D eigenvalue weighted by Crippen LogP contribution is 2.56. The van der Waals surface area contributed by atoms with Crippen LogP contribution in [0.2, 0.25) is 0 Å². The zero-order valence-corrected chi connectivity index (χ0v) is 37.6. The van der Waals surface area contributed by atoms with Gasteiger partial charge in [-0.3, -0.25) is 19.2 Å². The van der Waals surface area contributed by atoms with E-state index in [1.54, 1.807) is 9.80 Å². The molecule has 4 fully saturated rings. The Morgan fingerprint density at radius 1 is 0.662 bits per heavy atom. The number of alkyl carbamates (subject to hydrolysis) is 2. The highest BCUT2D eigenvalue weighted by molar-refractivity contribution is 6.02. The third-order valence-electron chi connectivity index (χ3n) is 14.1. The third kappa shape index (κ3) is 8.34. The maximum absolute atomic E-state index is 14.1. The summed E-state index contributed by atoms with van der Waals surface area (Å²) in [4.78, 5) is 83.8. The zero-order chi connectivity index (χ0) is 45.9. The van der Waals surface area contributed by atoms with E-state index in [1.165, 1.54) is 14.2 Å². The van der Waals surface area contributed by atoms with Crippen LogP contribution in [0.1, 0.15) is 78.0 Å². The molecule has 1 unspecified atom stereocenters. The molecular weight excluding hydrogens is 831 g/mol. The second-order valence-electron chi connectivity index (χ2n) is 19.3. The quantitative estimate of drug-likeness (QED) is 0.128. The average molecular weight is 888 g/mol. The smallest absolute Gasteiger partial charge is 0.407 e. The van der Waals surface area contributed by atoms with E-state index in [-0.39, 0.29) is 46.3 Å². The van der Waals surface area contributed by atoms with Gasteiger partial charge >= 0.3 is 12.2 Å². The Kier molecular flexibility index (Phi) is 11.3. The summed E-state index contributed by atoms with van der Waals surface area (Å²) in [5, 5.41) is 12.4. The lowest BCUT2D eigenvalue weighted by Crippen LogP contribution is -2.54. The average Bonchev–Trinajstić information content (AvgIpc) is 4.09. The molecule has 5 aliphatic rings. The van der Waals surface area contributed by atoms with E-state index < -0.39 is 42.6 Å². The van der Waals surface area contributed by atoms with Crippen LogP contribution in [-0.2, 0) is 28.7 Å². The normalized spacial score (nSPS) is 21.6. The molecule has 1 aromatic heterocycles. The number of anilines is 2. The molecule has 5 atom stereocenters. The van der Waals surface area contributed by atoms with Crippen LogP contribution in [0.15, 0.2) is 72.8 Å². The summed E-state index contributed by atoms with van der Waals surface area (Å²) in [6, 6.07) is 20.1. The highest BCUT2D eigenvalue weighted by atomic mass is 16.5. The summed E-state index contributed by atoms with van der Waals surface area (Å²) in [6.07, 6.45) is 2.87. The van der Waals surface area contributed by atoms with Crippen molar-refractivity contribution < 1.29 is 43.0 Å². The van der Waals surface area contributed by atoms with Gasteiger partial charge in [-0.25, -0.2) is 9.59 Å². The van der Waals surface area contributed by atoms with Gasteiger partial charge in [-0.2, -0.15) is 0 Å². The van der Waals surface area contributed by atoms with E-state index in [4.69, 9.17) is 14.2 Å². The Morgan fingerprint density at radius 2 is 1.17 bits per heavy atom. The van der Waals surface area contributed by atoms with Crippen molar-refractivity contribution in [2.75, 3.05) is 37.9 Å². The maximum Gasteiger partial charge on any atom is 0.407 e. The Labute approximate surface area is 377 Å². The summed E-state index contributed by atoms with van der Waals surface area (Å²) in [5.74, 6) is -1.10. The first-order valence-electron chi connectivity index (χ1n) is 22.5. The van der Waals surface area contributed by atoms with Crippen molar-refractivity contribution in [2.24, 2.45) is 22.7 Å². The van der Waals surface area contributed by atoms with Gasteiger partial charge in [-0.15, -0.1) is 0 Å². The van der Waals surface area contributed by atoms with E-state index >= 15 is 0 Å². The number of carbonyl (C=O) groups is 6. The summed E-state index contributed by atoms with van der Waals surface area (Å²) in [6.45, 7) is 8.30. The Morgan fingerprint density at radius 3 is 1.66 bits per heavy atom. The number of hydrogen-bond acceptors (Lipinski definition) is 9. The SMILES string of the molecule is COC(=O)N[C@H](C(=O)N1CC2(CC2)C[C@H]1C(=O)Nc1ccc2c(c1)OC(c1ccccc1)n1c-2cc2cc(NC(=O)[C@@H]3CC4(CC4)CN3C(=O)[C@@H](NC(=O)OC)C(C)C)ccc21)C(C)C. The second-order valence-corrected chi connectivity index (χ2v) is 19.3. The molecule has 6 amide bonds. The van der Waals surface area contributed by atoms with Crippen LogP contribution < -0.4 is 26.0 Å². The number of carbonyl (C=O) groups excluding carboxylic acids is 6. The standard InChI is InChI=1S/C49H57N7O9/c1-27(2)39(52-46(61)63-5)43(59)54-25-48(16-17-48)23-36(54)41(57)50-31-13-15-34-30(20-31)21-35-33-14-12-32(22-38(33)65-45(56(34)35)29-10-8-7-9-11-29)51-42(58)37-24-49(18-19-49)26-55(37)44(60)40(28(3)4)53-47(62)64-6/h7-15,20-22,27-28,36-37,39-40,45H,16-19,23-26H2,1-6H3,(H,50,57)(H,51,58)(H,52,61)(H,53,62)/t36-,37-,39-,40-,45?/m0/s1. The van der Waals surface area contributed by atoms with E-state index in [0.29, 0.717) is 43.1 Å².